The number of rotatable bonds is 14. The first-order chi connectivity index (χ1) is 22.6. The monoisotopic (exact) mass is 665 g/mol. The third kappa shape index (κ3) is 7.08. The molecule has 0 bridgehead atoms. The van der Waals surface area contributed by atoms with Crippen molar-refractivity contribution < 1.29 is 46.4 Å². The van der Waals surface area contributed by atoms with E-state index in [0.29, 0.717) is 53.2 Å². The average molecular weight is 666 g/mol. The predicted octanol–water partition coefficient (Wildman–Crippen LogP) is 5.73. The number of ether oxygens (including phenoxy) is 6. The van der Waals surface area contributed by atoms with E-state index in [1.807, 2.05) is 19.1 Å². The zero-order chi connectivity index (χ0) is 33.7. The van der Waals surface area contributed by atoms with Crippen molar-refractivity contribution in [2.45, 2.75) is 43.3 Å². The molecule has 1 saturated heterocycles. The number of carbonyl (C=O) groups is 2. The van der Waals surface area contributed by atoms with Crippen LogP contribution in [0.3, 0.4) is 0 Å². The number of sulfone groups is 1. The van der Waals surface area contributed by atoms with Gasteiger partial charge in [-0.1, -0.05) is 25.1 Å². The van der Waals surface area contributed by atoms with Gasteiger partial charge in [0.1, 0.15) is 11.5 Å². The molecule has 0 saturated carbocycles. The summed E-state index contributed by atoms with van der Waals surface area (Å²) in [7, 11) is 0.921. The van der Waals surface area contributed by atoms with Gasteiger partial charge in [0.15, 0.2) is 32.8 Å². The lowest BCUT2D eigenvalue weighted by Crippen LogP contribution is -2.29. The van der Waals surface area contributed by atoms with Gasteiger partial charge in [0.2, 0.25) is 5.75 Å². The molecule has 0 radical (unpaired) electrons. The molecule has 0 spiro atoms. The number of carbonyl (C=O) groups excluding carboxylic acids is 2. The number of benzene rings is 3. The summed E-state index contributed by atoms with van der Waals surface area (Å²) in [5.74, 6) is 1.19. The van der Waals surface area contributed by atoms with Crippen molar-refractivity contribution in [3.05, 3.63) is 82.9 Å². The van der Waals surface area contributed by atoms with E-state index in [0.717, 1.165) is 11.8 Å². The number of hydrogen-bond acceptors (Lipinski definition) is 10. The first-order valence-electron chi connectivity index (χ1n) is 15.3. The van der Waals surface area contributed by atoms with Crippen molar-refractivity contribution in [3.8, 4) is 28.7 Å². The smallest absolute Gasteiger partial charge is 0.261 e. The topological polar surface area (TPSA) is 127 Å². The minimum atomic E-state index is -3.72. The SMILES string of the molecule is CCCOc1c(OCC=CCN2C(=O)c3ccccc3C2=O)cc(C2CCC(c3cc(OC)c(OC)c(OC)c3)O2)cc1S(C)(=O)=O. The van der Waals surface area contributed by atoms with E-state index in [1.165, 1.54) is 4.90 Å². The van der Waals surface area contributed by atoms with Gasteiger partial charge >= 0.3 is 0 Å². The van der Waals surface area contributed by atoms with Crippen molar-refractivity contribution in [1.29, 1.82) is 0 Å². The van der Waals surface area contributed by atoms with E-state index in [-0.39, 0.29) is 54.1 Å². The number of nitrogens with zero attached hydrogens (tertiary/aromatic N) is 1. The maximum Gasteiger partial charge on any atom is 0.261 e. The maximum absolute atomic E-state index is 13.0. The summed E-state index contributed by atoms with van der Waals surface area (Å²) in [5, 5.41) is 0. The van der Waals surface area contributed by atoms with E-state index in [4.69, 9.17) is 28.4 Å². The highest BCUT2D eigenvalue weighted by atomic mass is 32.2. The molecular weight excluding hydrogens is 626 g/mol. The van der Waals surface area contributed by atoms with Gasteiger partial charge in [0.05, 0.1) is 51.3 Å². The van der Waals surface area contributed by atoms with Crippen LogP contribution in [0.25, 0.3) is 0 Å². The van der Waals surface area contributed by atoms with Gasteiger partial charge in [-0.15, -0.1) is 0 Å². The van der Waals surface area contributed by atoms with E-state index in [2.05, 4.69) is 0 Å². The first kappa shape index (κ1) is 33.8. The number of imide groups is 1. The van der Waals surface area contributed by atoms with Gasteiger partial charge in [-0.05, 0) is 72.9 Å². The van der Waals surface area contributed by atoms with Crippen LogP contribution in [0.4, 0.5) is 0 Å². The predicted molar refractivity (Wildman–Crippen MR) is 174 cm³/mol. The summed E-state index contributed by atoms with van der Waals surface area (Å²) < 4.78 is 61.0. The lowest BCUT2D eigenvalue weighted by atomic mass is 10.0. The van der Waals surface area contributed by atoms with Gasteiger partial charge in [-0.25, -0.2) is 8.42 Å². The third-order valence-corrected chi connectivity index (χ3v) is 9.11. The van der Waals surface area contributed by atoms with Gasteiger partial charge < -0.3 is 28.4 Å². The van der Waals surface area contributed by atoms with Crippen LogP contribution in [0.5, 0.6) is 28.7 Å². The minimum Gasteiger partial charge on any atom is -0.493 e. The first-order valence-corrected chi connectivity index (χ1v) is 17.2. The molecular formula is C35H39NO10S. The van der Waals surface area contributed by atoms with Crippen molar-refractivity contribution in [1.82, 2.24) is 4.90 Å². The Kier molecular flexibility index (Phi) is 10.4. The van der Waals surface area contributed by atoms with Crippen LogP contribution in [-0.4, -0.2) is 72.5 Å². The molecule has 2 unspecified atom stereocenters. The molecule has 2 atom stereocenters. The second kappa shape index (κ2) is 14.5. The van der Waals surface area contributed by atoms with Crippen LogP contribution in [-0.2, 0) is 14.6 Å². The quantitative estimate of drug-likeness (QED) is 0.156. The fraction of sp³-hybridized carbons (Fsp3) is 0.371. The largest absolute Gasteiger partial charge is 0.493 e. The molecule has 12 heteroatoms. The Bertz CT molecular complexity index is 1720. The van der Waals surface area contributed by atoms with E-state index in [9.17, 15) is 18.0 Å². The van der Waals surface area contributed by atoms with Crippen LogP contribution >= 0.6 is 0 Å². The van der Waals surface area contributed by atoms with Gasteiger partial charge in [0.25, 0.3) is 11.8 Å². The lowest BCUT2D eigenvalue weighted by molar-refractivity contribution is 0.0435. The van der Waals surface area contributed by atoms with E-state index < -0.39 is 15.9 Å². The summed E-state index contributed by atoms with van der Waals surface area (Å²) in [5.41, 5.74) is 2.24. The normalized spacial score (nSPS) is 17.7. The summed E-state index contributed by atoms with van der Waals surface area (Å²) in [4.78, 5) is 26.5. The van der Waals surface area contributed by atoms with Crippen LogP contribution in [0.15, 0.2) is 65.6 Å². The van der Waals surface area contributed by atoms with E-state index >= 15 is 0 Å². The molecule has 11 nitrogen and oxygen atoms in total. The van der Waals surface area contributed by atoms with Gasteiger partial charge in [-0.2, -0.15) is 0 Å². The standard InChI is InChI=1S/C35H39NO10S/c1-6-16-45-33-30(44-17-10-9-15-36-34(37)24-11-7-8-12-25(24)35(36)38)20-23(21-31(33)47(5,39)40)27-14-13-26(46-27)22-18-28(41-2)32(43-4)29(19-22)42-3/h7-12,18-21,26-27H,6,13-17H2,1-5H3. The summed E-state index contributed by atoms with van der Waals surface area (Å²) in [6.45, 7) is 2.32. The van der Waals surface area contributed by atoms with Crippen molar-refractivity contribution in [3.63, 3.8) is 0 Å². The molecule has 0 aromatic heterocycles. The molecule has 5 rings (SSSR count). The molecule has 2 aliphatic heterocycles. The Morgan fingerprint density at radius 1 is 0.809 bits per heavy atom. The summed E-state index contributed by atoms with van der Waals surface area (Å²) in [6.07, 6.45) is 5.69. The van der Waals surface area contributed by atoms with Crippen LogP contribution in [0, 0.1) is 0 Å². The van der Waals surface area contributed by atoms with Crippen molar-refractivity contribution in [2.75, 3.05) is 47.3 Å². The highest BCUT2D eigenvalue weighted by Gasteiger charge is 2.34. The zero-order valence-corrected chi connectivity index (χ0v) is 27.9. The minimum absolute atomic E-state index is 0.00768. The Morgan fingerprint density at radius 3 is 1.91 bits per heavy atom. The third-order valence-electron chi connectivity index (χ3n) is 8.01. The molecule has 0 aliphatic carbocycles. The second-order valence-corrected chi connectivity index (χ2v) is 13.1. The van der Waals surface area contributed by atoms with Crippen molar-refractivity contribution >= 4 is 21.7 Å². The Morgan fingerprint density at radius 2 is 1.38 bits per heavy atom. The molecule has 250 valence electrons. The molecule has 3 aromatic rings. The Hall–Kier alpha value is -4.55. The number of hydrogen-bond donors (Lipinski definition) is 0. The van der Waals surface area contributed by atoms with Crippen LogP contribution in [0.2, 0.25) is 0 Å². The number of amides is 2. The molecule has 2 aliphatic rings. The average Bonchev–Trinajstić information content (AvgIpc) is 3.66. The molecule has 2 heterocycles. The second-order valence-electron chi connectivity index (χ2n) is 11.2. The van der Waals surface area contributed by atoms with Gasteiger partial charge in [-0.3, -0.25) is 14.5 Å². The zero-order valence-electron chi connectivity index (χ0n) is 27.1. The lowest BCUT2D eigenvalue weighted by Gasteiger charge is -2.21. The molecule has 3 aromatic carbocycles. The molecule has 1 fully saturated rings. The number of fused-ring (bicyclic) bond motifs is 1. The van der Waals surface area contributed by atoms with Gasteiger partial charge in [0, 0.05) is 12.8 Å². The van der Waals surface area contributed by atoms with Crippen molar-refractivity contribution in [2.24, 2.45) is 0 Å². The summed E-state index contributed by atoms with van der Waals surface area (Å²) in [6, 6.07) is 13.7. The number of methoxy groups -OCH3 is 3. The van der Waals surface area contributed by atoms with Crippen LogP contribution in [0.1, 0.15) is 70.2 Å². The molecule has 47 heavy (non-hydrogen) atoms. The Labute approximate surface area is 274 Å². The molecule has 0 N–H and O–H groups in total. The highest BCUT2D eigenvalue weighted by Crippen LogP contribution is 2.48. The molecule has 2 amide bonds. The highest BCUT2D eigenvalue weighted by molar-refractivity contribution is 7.90. The maximum atomic E-state index is 13.0. The fourth-order valence-corrected chi connectivity index (χ4v) is 6.56. The Balaban J connectivity index is 1.37. The van der Waals surface area contributed by atoms with E-state index in [1.54, 1.807) is 69.9 Å². The van der Waals surface area contributed by atoms with Crippen LogP contribution < -0.4 is 23.7 Å². The fourth-order valence-electron chi connectivity index (χ4n) is 5.72. The summed E-state index contributed by atoms with van der Waals surface area (Å²) >= 11 is 0.